The molecule has 5 atom stereocenters. The standard InChI is InChI=1S/C10H13NO3/c1-11-9(12)8-5-2-4-3-6(5)14-10(13)7(4)8/h4-8H,2-3H2,1H3,(H,11,12). The third-order valence-corrected chi connectivity index (χ3v) is 4.03. The number of fused-ring (bicyclic) bond motifs is 1. The average Bonchev–Trinajstić information content (AvgIpc) is 2.69. The van der Waals surface area contributed by atoms with Crippen molar-refractivity contribution in [2.24, 2.45) is 23.7 Å². The maximum Gasteiger partial charge on any atom is 0.310 e. The molecular weight excluding hydrogens is 182 g/mol. The predicted molar refractivity (Wildman–Crippen MR) is 47.1 cm³/mol. The van der Waals surface area contributed by atoms with Gasteiger partial charge in [0.1, 0.15) is 6.10 Å². The van der Waals surface area contributed by atoms with Crippen LogP contribution in [0, 0.1) is 23.7 Å². The van der Waals surface area contributed by atoms with E-state index >= 15 is 0 Å². The SMILES string of the molecule is CNC(=O)C1C2CC3CC2OC(=O)C31. The zero-order valence-corrected chi connectivity index (χ0v) is 8.03. The lowest BCUT2D eigenvalue weighted by Gasteiger charge is -2.39. The Balaban J connectivity index is 1.96. The first kappa shape index (κ1) is 8.26. The van der Waals surface area contributed by atoms with Gasteiger partial charge in [-0.3, -0.25) is 9.59 Å². The third kappa shape index (κ3) is 0.792. The second-order valence-corrected chi connectivity index (χ2v) is 4.54. The minimum Gasteiger partial charge on any atom is -0.462 e. The van der Waals surface area contributed by atoms with Gasteiger partial charge in [-0.25, -0.2) is 0 Å². The molecule has 5 unspecified atom stereocenters. The molecule has 2 aliphatic heterocycles. The van der Waals surface area contributed by atoms with Crippen molar-refractivity contribution in [3.05, 3.63) is 0 Å². The minimum absolute atomic E-state index is 0.0175. The molecule has 0 spiro atoms. The van der Waals surface area contributed by atoms with E-state index < -0.39 is 0 Å². The van der Waals surface area contributed by atoms with E-state index in [0.717, 1.165) is 12.8 Å². The summed E-state index contributed by atoms with van der Waals surface area (Å²) in [6.07, 6.45) is 2.01. The molecule has 2 heterocycles. The summed E-state index contributed by atoms with van der Waals surface area (Å²) in [4.78, 5) is 23.1. The van der Waals surface area contributed by atoms with E-state index in [2.05, 4.69) is 5.32 Å². The minimum atomic E-state index is -0.148. The number of amides is 1. The highest BCUT2D eigenvalue weighted by Crippen LogP contribution is 2.57. The van der Waals surface area contributed by atoms with Crippen LogP contribution in [0.4, 0.5) is 0 Å². The summed E-state index contributed by atoms with van der Waals surface area (Å²) < 4.78 is 5.25. The monoisotopic (exact) mass is 195 g/mol. The van der Waals surface area contributed by atoms with Crippen LogP contribution in [0.1, 0.15) is 12.8 Å². The smallest absolute Gasteiger partial charge is 0.310 e. The first-order chi connectivity index (χ1) is 6.72. The molecular formula is C10H13NO3. The summed E-state index contributed by atoms with van der Waals surface area (Å²) in [7, 11) is 1.63. The summed E-state index contributed by atoms with van der Waals surface area (Å²) in [6, 6.07) is 0. The van der Waals surface area contributed by atoms with Gasteiger partial charge < -0.3 is 10.1 Å². The van der Waals surface area contributed by atoms with Gasteiger partial charge in [0.25, 0.3) is 0 Å². The molecule has 4 bridgehead atoms. The van der Waals surface area contributed by atoms with Gasteiger partial charge in [-0.1, -0.05) is 0 Å². The van der Waals surface area contributed by atoms with Crippen molar-refractivity contribution < 1.29 is 14.3 Å². The highest BCUT2D eigenvalue weighted by molar-refractivity contribution is 5.88. The number of hydrogen-bond donors (Lipinski definition) is 1. The molecule has 0 radical (unpaired) electrons. The second-order valence-electron chi connectivity index (χ2n) is 4.54. The molecule has 4 fully saturated rings. The number of rotatable bonds is 1. The highest BCUT2D eigenvalue weighted by Gasteiger charge is 2.63. The lowest BCUT2D eigenvalue weighted by atomic mass is 9.75. The van der Waals surface area contributed by atoms with E-state index in [0.29, 0.717) is 11.8 Å². The molecule has 0 aromatic rings. The summed E-state index contributed by atoms with van der Waals surface area (Å²) in [6.45, 7) is 0. The maximum atomic E-state index is 11.6. The number of carbonyl (C=O) groups is 2. The lowest BCUT2D eigenvalue weighted by molar-refractivity contribution is -0.179. The van der Waals surface area contributed by atoms with Crippen LogP contribution >= 0.6 is 0 Å². The fourth-order valence-electron chi connectivity index (χ4n) is 3.53. The highest BCUT2D eigenvalue weighted by atomic mass is 16.5. The average molecular weight is 195 g/mol. The van der Waals surface area contributed by atoms with Gasteiger partial charge in [0, 0.05) is 13.0 Å². The Kier molecular flexibility index (Phi) is 1.47. The van der Waals surface area contributed by atoms with E-state index in [9.17, 15) is 9.59 Å². The van der Waals surface area contributed by atoms with Crippen molar-refractivity contribution in [1.82, 2.24) is 5.32 Å². The molecule has 2 saturated heterocycles. The van der Waals surface area contributed by atoms with E-state index in [1.54, 1.807) is 7.05 Å². The van der Waals surface area contributed by atoms with Crippen LogP contribution in [-0.4, -0.2) is 25.0 Å². The van der Waals surface area contributed by atoms with Gasteiger partial charge >= 0.3 is 5.97 Å². The van der Waals surface area contributed by atoms with Crippen LogP contribution < -0.4 is 5.32 Å². The summed E-state index contributed by atoms with van der Waals surface area (Å²) >= 11 is 0. The van der Waals surface area contributed by atoms with Gasteiger partial charge in [0.15, 0.2) is 0 Å². The van der Waals surface area contributed by atoms with Crippen molar-refractivity contribution in [2.75, 3.05) is 7.05 Å². The molecule has 2 aliphatic carbocycles. The first-order valence-electron chi connectivity index (χ1n) is 5.14. The predicted octanol–water partition coefficient (Wildman–Crippen LogP) is -0.0700. The molecule has 0 aromatic heterocycles. The number of hydrogen-bond acceptors (Lipinski definition) is 3. The van der Waals surface area contributed by atoms with Gasteiger partial charge in [0.05, 0.1) is 11.8 Å². The Hall–Kier alpha value is -1.06. The Labute approximate surface area is 82.0 Å². The van der Waals surface area contributed by atoms with E-state index in [1.807, 2.05) is 0 Å². The van der Waals surface area contributed by atoms with E-state index in [1.165, 1.54) is 0 Å². The Morgan fingerprint density at radius 3 is 2.93 bits per heavy atom. The quantitative estimate of drug-likeness (QED) is 0.596. The molecule has 0 aromatic carbocycles. The van der Waals surface area contributed by atoms with Crippen LogP contribution in [0.15, 0.2) is 0 Å². The van der Waals surface area contributed by atoms with E-state index in [4.69, 9.17) is 4.74 Å². The van der Waals surface area contributed by atoms with Crippen LogP contribution in [0.25, 0.3) is 0 Å². The number of carbonyl (C=O) groups excluding carboxylic acids is 2. The van der Waals surface area contributed by atoms with Gasteiger partial charge in [-0.15, -0.1) is 0 Å². The molecule has 4 heteroatoms. The van der Waals surface area contributed by atoms with Crippen LogP contribution in [0.3, 0.4) is 0 Å². The third-order valence-electron chi connectivity index (χ3n) is 4.03. The number of esters is 1. The van der Waals surface area contributed by atoms with Crippen molar-refractivity contribution in [3.8, 4) is 0 Å². The Morgan fingerprint density at radius 1 is 1.50 bits per heavy atom. The molecule has 4 aliphatic rings. The van der Waals surface area contributed by atoms with Gasteiger partial charge in [-0.05, 0) is 18.8 Å². The Bertz CT molecular complexity index is 314. The number of nitrogens with one attached hydrogen (secondary N) is 1. The van der Waals surface area contributed by atoms with Crippen LogP contribution in [-0.2, 0) is 14.3 Å². The summed E-state index contributed by atoms with van der Waals surface area (Å²) in [5.74, 6) is 0.323. The van der Waals surface area contributed by atoms with Crippen molar-refractivity contribution in [1.29, 1.82) is 0 Å². The molecule has 4 nitrogen and oxygen atoms in total. The topological polar surface area (TPSA) is 55.4 Å². The molecule has 4 rings (SSSR count). The second kappa shape index (κ2) is 2.49. The Morgan fingerprint density at radius 2 is 2.29 bits per heavy atom. The molecule has 76 valence electrons. The molecule has 14 heavy (non-hydrogen) atoms. The molecule has 2 saturated carbocycles. The normalized spacial score (nSPS) is 48.1. The van der Waals surface area contributed by atoms with Crippen LogP contribution in [0.2, 0.25) is 0 Å². The first-order valence-corrected chi connectivity index (χ1v) is 5.14. The lowest BCUT2D eigenvalue weighted by Crippen LogP contribution is -2.51. The van der Waals surface area contributed by atoms with Crippen molar-refractivity contribution in [3.63, 3.8) is 0 Å². The maximum absolute atomic E-state index is 11.6. The van der Waals surface area contributed by atoms with E-state index in [-0.39, 0.29) is 29.8 Å². The van der Waals surface area contributed by atoms with Crippen molar-refractivity contribution >= 4 is 11.9 Å². The summed E-state index contributed by atoms with van der Waals surface area (Å²) in [5.41, 5.74) is 0. The van der Waals surface area contributed by atoms with Crippen molar-refractivity contribution in [2.45, 2.75) is 18.9 Å². The zero-order chi connectivity index (χ0) is 9.87. The fraction of sp³-hybridized carbons (Fsp3) is 0.800. The number of ether oxygens (including phenoxy) is 1. The van der Waals surface area contributed by atoms with Crippen LogP contribution in [0.5, 0.6) is 0 Å². The van der Waals surface area contributed by atoms with Gasteiger partial charge in [-0.2, -0.15) is 0 Å². The molecule has 1 amide bonds. The van der Waals surface area contributed by atoms with Gasteiger partial charge in [0.2, 0.25) is 5.91 Å². The summed E-state index contributed by atoms with van der Waals surface area (Å²) in [5, 5.41) is 2.65. The molecule has 1 N–H and O–H groups in total. The zero-order valence-electron chi connectivity index (χ0n) is 8.03. The largest absolute Gasteiger partial charge is 0.462 e. The fourth-order valence-corrected chi connectivity index (χ4v) is 3.53.